The summed E-state index contributed by atoms with van der Waals surface area (Å²) in [4.78, 5) is 30.9. The summed E-state index contributed by atoms with van der Waals surface area (Å²) in [5.41, 5.74) is 4.79. The Morgan fingerprint density at radius 1 is 0.737 bits per heavy atom. The summed E-state index contributed by atoms with van der Waals surface area (Å²) >= 11 is 0. The molecule has 0 atom stereocenters. The van der Waals surface area contributed by atoms with E-state index in [4.69, 9.17) is 0 Å². The van der Waals surface area contributed by atoms with Crippen LogP contribution in [-0.2, 0) is 0 Å². The van der Waals surface area contributed by atoms with Gasteiger partial charge in [-0.15, -0.1) is 12.4 Å². The summed E-state index contributed by atoms with van der Waals surface area (Å²) in [5, 5.41) is 5.65. The molecule has 2 aliphatic rings. The van der Waals surface area contributed by atoms with Crippen molar-refractivity contribution in [1.29, 1.82) is 0 Å². The molecule has 0 unspecified atom stereocenters. The first-order valence-corrected chi connectivity index (χ1v) is 13.2. The van der Waals surface area contributed by atoms with Crippen molar-refractivity contribution in [2.45, 2.75) is 12.8 Å². The van der Waals surface area contributed by atoms with Gasteiger partial charge >= 0.3 is 0 Å². The molecule has 0 aromatic heterocycles. The number of amides is 1. The first-order valence-electron chi connectivity index (χ1n) is 13.2. The van der Waals surface area contributed by atoms with E-state index in [9.17, 15) is 9.59 Å². The predicted molar refractivity (Wildman–Crippen MR) is 157 cm³/mol. The first-order chi connectivity index (χ1) is 18.2. The van der Waals surface area contributed by atoms with Crippen LogP contribution in [0.5, 0.6) is 0 Å². The molecule has 5 nitrogen and oxygen atoms in total. The van der Waals surface area contributed by atoms with E-state index >= 15 is 0 Å². The number of carbonyl (C=O) groups is 2. The monoisotopic (exact) mass is 525 g/mol. The van der Waals surface area contributed by atoms with Crippen molar-refractivity contribution in [2.75, 3.05) is 44.2 Å². The Hall–Kier alpha value is -3.67. The van der Waals surface area contributed by atoms with Crippen molar-refractivity contribution in [2.24, 2.45) is 0 Å². The van der Waals surface area contributed by atoms with Gasteiger partial charge in [0.2, 0.25) is 0 Å². The summed E-state index contributed by atoms with van der Waals surface area (Å²) in [5.74, 6) is -0.222. The summed E-state index contributed by atoms with van der Waals surface area (Å²) in [6.07, 6.45) is 1.95. The number of benzene rings is 4. The number of nitrogens with zero attached hydrogens (tertiary/aromatic N) is 2. The highest BCUT2D eigenvalue weighted by molar-refractivity contribution is 6.25. The second-order valence-corrected chi connectivity index (χ2v) is 9.89. The van der Waals surface area contributed by atoms with E-state index in [0.29, 0.717) is 23.2 Å². The van der Waals surface area contributed by atoms with E-state index in [2.05, 4.69) is 57.6 Å². The largest absolute Gasteiger partial charge is 0.368 e. The summed E-state index contributed by atoms with van der Waals surface area (Å²) in [6, 6.07) is 28.3. The molecule has 1 heterocycles. The van der Waals surface area contributed by atoms with E-state index in [1.165, 1.54) is 16.5 Å². The minimum absolute atomic E-state index is 0. The Morgan fingerprint density at radius 3 is 2.26 bits per heavy atom. The Bertz CT molecular complexity index is 1470. The maximum absolute atomic E-state index is 13.0. The number of rotatable bonds is 7. The van der Waals surface area contributed by atoms with Gasteiger partial charge in [-0.25, -0.2) is 0 Å². The van der Waals surface area contributed by atoms with Crippen LogP contribution < -0.4 is 10.2 Å². The van der Waals surface area contributed by atoms with Gasteiger partial charge in [0.1, 0.15) is 0 Å². The van der Waals surface area contributed by atoms with Crippen molar-refractivity contribution < 1.29 is 9.59 Å². The van der Waals surface area contributed by atoms with E-state index in [0.717, 1.165) is 56.7 Å². The molecule has 1 amide bonds. The van der Waals surface area contributed by atoms with Crippen molar-refractivity contribution in [1.82, 2.24) is 10.2 Å². The summed E-state index contributed by atoms with van der Waals surface area (Å²) in [6.45, 7) is 5.80. The number of fused-ring (bicyclic) bond motifs is 4. The molecule has 38 heavy (non-hydrogen) atoms. The number of ketones is 1. The lowest BCUT2D eigenvalue weighted by Crippen LogP contribution is -2.46. The Labute approximate surface area is 229 Å². The number of nitrogens with one attached hydrogen (secondary N) is 1. The third-order valence-corrected chi connectivity index (χ3v) is 7.66. The van der Waals surface area contributed by atoms with Crippen LogP contribution >= 0.6 is 12.4 Å². The molecular formula is C32H32ClN3O2. The van der Waals surface area contributed by atoms with Crippen LogP contribution in [-0.4, -0.2) is 55.9 Å². The second-order valence-electron chi connectivity index (χ2n) is 9.89. The molecular weight excluding hydrogens is 494 g/mol. The molecule has 0 radical (unpaired) electrons. The molecule has 1 aliphatic heterocycles. The molecule has 0 spiro atoms. The van der Waals surface area contributed by atoms with Crippen molar-refractivity contribution in [3.63, 3.8) is 0 Å². The van der Waals surface area contributed by atoms with Gasteiger partial charge in [-0.2, -0.15) is 0 Å². The maximum Gasteiger partial charge on any atom is 0.252 e. The van der Waals surface area contributed by atoms with E-state index in [-0.39, 0.29) is 24.1 Å². The average molecular weight is 526 g/mol. The number of hydrogen-bond donors (Lipinski definition) is 1. The zero-order valence-corrected chi connectivity index (χ0v) is 22.2. The highest BCUT2D eigenvalue weighted by atomic mass is 35.5. The van der Waals surface area contributed by atoms with E-state index in [1.807, 2.05) is 36.4 Å². The van der Waals surface area contributed by atoms with Gasteiger partial charge < -0.3 is 10.2 Å². The molecule has 1 fully saturated rings. The third-order valence-electron chi connectivity index (χ3n) is 7.66. The molecule has 4 aromatic carbocycles. The van der Waals surface area contributed by atoms with Crippen LogP contribution in [0.2, 0.25) is 0 Å². The predicted octanol–water partition coefficient (Wildman–Crippen LogP) is 5.81. The van der Waals surface area contributed by atoms with Crippen molar-refractivity contribution in [3.8, 4) is 11.1 Å². The van der Waals surface area contributed by atoms with E-state index in [1.54, 1.807) is 6.07 Å². The zero-order chi connectivity index (χ0) is 25.2. The minimum Gasteiger partial charge on any atom is -0.368 e. The maximum atomic E-state index is 13.0. The quantitative estimate of drug-likeness (QED) is 0.273. The first kappa shape index (κ1) is 26.0. The lowest BCUT2D eigenvalue weighted by atomic mass is 10.0. The fourth-order valence-corrected chi connectivity index (χ4v) is 5.72. The normalized spacial score (nSPS) is 14.6. The minimum atomic E-state index is -0.165. The lowest BCUT2D eigenvalue weighted by Gasteiger charge is -2.36. The van der Waals surface area contributed by atoms with Gasteiger partial charge in [0, 0.05) is 54.9 Å². The van der Waals surface area contributed by atoms with Gasteiger partial charge in [-0.3, -0.25) is 14.5 Å². The number of carbonyl (C=O) groups excluding carboxylic acids is 2. The molecule has 1 N–H and O–H groups in total. The molecule has 1 aliphatic carbocycles. The summed E-state index contributed by atoms with van der Waals surface area (Å²) < 4.78 is 0. The van der Waals surface area contributed by atoms with Gasteiger partial charge in [0.25, 0.3) is 5.91 Å². The standard InChI is InChI=1S/C32H31N3O2.ClH/c36-31-27-13-4-3-12-25(27)26-14-8-15-28(30(26)31)32(37)33-17-5-6-18-34-19-21-35(22-20-34)29-16-7-10-23-9-1-2-11-24(23)29;/h1-4,7-16H,5-6,17-22H2,(H,33,37);1H. The Morgan fingerprint density at radius 2 is 1.42 bits per heavy atom. The summed E-state index contributed by atoms with van der Waals surface area (Å²) in [7, 11) is 0. The number of unbranched alkanes of at least 4 members (excludes halogenated alkanes) is 1. The zero-order valence-electron chi connectivity index (χ0n) is 21.4. The molecule has 6 rings (SSSR count). The van der Waals surface area contributed by atoms with Gasteiger partial charge in [-0.05, 0) is 48.0 Å². The lowest BCUT2D eigenvalue weighted by molar-refractivity contribution is 0.0942. The van der Waals surface area contributed by atoms with Crippen LogP contribution in [0.25, 0.3) is 21.9 Å². The van der Waals surface area contributed by atoms with Crippen LogP contribution in [0.3, 0.4) is 0 Å². The van der Waals surface area contributed by atoms with Crippen LogP contribution in [0.1, 0.15) is 39.1 Å². The van der Waals surface area contributed by atoms with E-state index < -0.39 is 0 Å². The van der Waals surface area contributed by atoms with Crippen LogP contribution in [0.15, 0.2) is 84.9 Å². The van der Waals surface area contributed by atoms with Gasteiger partial charge in [0.05, 0.1) is 5.56 Å². The molecule has 6 heteroatoms. The molecule has 0 saturated carbocycles. The van der Waals surface area contributed by atoms with Gasteiger partial charge in [-0.1, -0.05) is 72.8 Å². The molecule has 1 saturated heterocycles. The van der Waals surface area contributed by atoms with Crippen LogP contribution in [0, 0.1) is 0 Å². The molecule has 194 valence electrons. The highest BCUT2D eigenvalue weighted by Gasteiger charge is 2.30. The smallest absolute Gasteiger partial charge is 0.252 e. The number of piperazine rings is 1. The van der Waals surface area contributed by atoms with Crippen LogP contribution in [0.4, 0.5) is 5.69 Å². The average Bonchev–Trinajstić information content (AvgIpc) is 3.25. The second kappa shape index (κ2) is 11.4. The number of hydrogen-bond acceptors (Lipinski definition) is 4. The molecule has 0 bridgehead atoms. The fraction of sp³-hybridized carbons (Fsp3) is 0.250. The molecule has 4 aromatic rings. The SMILES string of the molecule is Cl.O=C(NCCCCN1CCN(c2cccc3ccccc23)CC1)c1cccc2c1C(=O)c1ccccc1-2. The Balaban J connectivity index is 0.00000294. The van der Waals surface area contributed by atoms with Gasteiger partial charge in [0.15, 0.2) is 5.78 Å². The highest BCUT2D eigenvalue weighted by Crippen LogP contribution is 2.38. The van der Waals surface area contributed by atoms with Crippen molar-refractivity contribution >= 4 is 40.6 Å². The Kier molecular flexibility index (Phi) is 7.77. The number of anilines is 1. The topological polar surface area (TPSA) is 52.7 Å². The van der Waals surface area contributed by atoms with Crippen molar-refractivity contribution in [3.05, 3.63) is 102 Å². The third kappa shape index (κ3) is 4.92. The number of halogens is 1. The fourth-order valence-electron chi connectivity index (χ4n) is 5.72.